The van der Waals surface area contributed by atoms with Crippen molar-refractivity contribution >= 4 is 10.0 Å². The van der Waals surface area contributed by atoms with Crippen molar-refractivity contribution < 1.29 is 17.9 Å². The van der Waals surface area contributed by atoms with Gasteiger partial charge in [-0.25, -0.2) is 8.42 Å². The molecule has 0 unspecified atom stereocenters. The molecule has 0 aromatic heterocycles. The molecule has 6 heteroatoms. The van der Waals surface area contributed by atoms with Crippen LogP contribution in [0.25, 0.3) is 0 Å². The van der Waals surface area contributed by atoms with Gasteiger partial charge in [0.15, 0.2) is 0 Å². The molecule has 1 aliphatic carbocycles. The number of benzene rings is 1. The molecule has 3 aliphatic rings. The van der Waals surface area contributed by atoms with Crippen LogP contribution in [-0.2, 0) is 29.4 Å². The molecule has 1 saturated carbocycles. The molecular weight excluding hydrogens is 302 g/mol. The maximum absolute atomic E-state index is 12.4. The molecule has 0 saturated heterocycles. The van der Waals surface area contributed by atoms with Crippen molar-refractivity contribution in [3.8, 4) is 11.5 Å². The maximum Gasteiger partial charge on any atom is 0.214 e. The molecule has 22 heavy (non-hydrogen) atoms. The van der Waals surface area contributed by atoms with Gasteiger partial charge >= 0.3 is 0 Å². The Bertz CT molecular complexity index is 677. The fourth-order valence-electron chi connectivity index (χ4n) is 3.39. The average Bonchev–Trinajstić information content (AvgIpc) is 3.03. The van der Waals surface area contributed by atoms with Gasteiger partial charge in [0.25, 0.3) is 0 Å². The smallest absolute Gasteiger partial charge is 0.214 e. The van der Waals surface area contributed by atoms with Crippen molar-refractivity contribution in [2.75, 3.05) is 19.0 Å². The Hall–Kier alpha value is -1.27. The van der Waals surface area contributed by atoms with Gasteiger partial charge in [0.05, 0.1) is 19.0 Å². The molecule has 0 amide bonds. The van der Waals surface area contributed by atoms with Gasteiger partial charge in [-0.1, -0.05) is 0 Å². The number of fused-ring (bicyclic) bond motifs is 2. The lowest BCUT2D eigenvalue weighted by Gasteiger charge is -2.23. The average molecular weight is 323 g/mol. The van der Waals surface area contributed by atoms with E-state index >= 15 is 0 Å². The second-order valence-electron chi connectivity index (χ2n) is 6.19. The first-order chi connectivity index (χ1) is 10.6. The van der Waals surface area contributed by atoms with Gasteiger partial charge in [0.1, 0.15) is 11.5 Å². The second kappa shape index (κ2) is 5.13. The summed E-state index contributed by atoms with van der Waals surface area (Å²) in [6.07, 6.45) is 3.65. The molecule has 0 spiro atoms. The number of hydrogen-bond donors (Lipinski definition) is 0. The SMILES string of the molecule is CCS(=O)(=O)N(Cc1c2c(cc3c1OCC3)OCC2)C1CC1. The molecule has 2 heterocycles. The summed E-state index contributed by atoms with van der Waals surface area (Å²) in [7, 11) is -3.19. The van der Waals surface area contributed by atoms with E-state index in [1.807, 2.05) is 0 Å². The zero-order valence-electron chi connectivity index (χ0n) is 12.8. The summed E-state index contributed by atoms with van der Waals surface area (Å²) >= 11 is 0. The fourth-order valence-corrected chi connectivity index (χ4v) is 4.71. The van der Waals surface area contributed by atoms with Gasteiger partial charge in [-0.15, -0.1) is 0 Å². The van der Waals surface area contributed by atoms with Crippen molar-refractivity contribution in [1.82, 2.24) is 4.31 Å². The second-order valence-corrected chi connectivity index (χ2v) is 8.40. The first-order valence-electron chi connectivity index (χ1n) is 8.03. The van der Waals surface area contributed by atoms with Crippen LogP contribution in [0.4, 0.5) is 0 Å². The first kappa shape index (κ1) is 14.3. The van der Waals surface area contributed by atoms with E-state index in [2.05, 4.69) is 6.07 Å². The van der Waals surface area contributed by atoms with Crippen LogP contribution < -0.4 is 9.47 Å². The minimum atomic E-state index is -3.19. The Morgan fingerprint density at radius 1 is 1.23 bits per heavy atom. The Morgan fingerprint density at radius 3 is 2.73 bits per heavy atom. The van der Waals surface area contributed by atoms with Gasteiger partial charge in [-0.2, -0.15) is 4.31 Å². The van der Waals surface area contributed by atoms with Gasteiger partial charge in [-0.3, -0.25) is 0 Å². The highest BCUT2D eigenvalue weighted by atomic mass is 32.2. The standard InChI is InChI=1S/C16H21NO4S/c1-2-22(18,19)17(12-3-4-12)10-14-13-6-8-20-15(13)9-11-5-7-21-16(11)14/h9,12H,2-8,10H2,1H3. The maximum atomic E-state index is 12.4. The summed E-state index contributed by atoms with van der Waals surface area (Å²) in [6.45, 7) is 3.49. The number of rotatable bonds is 5. The fraction of sp³-hybridized carbons (Fsp3) is 0.625. The van der Waals surface area contributed by atoms with Crippen molar-refractivity contribution in [1.29, 1.82) is 0 Å². The summed E-state index contributed by atoms with van der Waals surface area (Å²) in [6, 6.07) is 2.24. The van der Waals surface area contributed by atoms with Crippen LogP contribution in [0.15, 0.2) is 6.07 Å². The van der Waals surface area contributed by atoms with Gasteiger partial charge in [-0.05, 0) is 25.8 Å². The number of nitrogens with zero attached hydrogens (tertiary/aromatic N) is 1. The van der Waals surface area contributed by atoms with Crippen LogP contribution in [0, 0.1) is 0 Å². The normalized spacial score (nSPS) is 19.7. The molecule has 5 nitrogen and oxygen atoms in total. The monoisotopic (exact) mass is 323 g/mol. The van der Waals surface area contributed by atoms with Gasteiger partial charge in [0, 0.05) is 42.1 Å². The zero-order valence-corrected chi connectivity index (χ0v) is 13.6. The largest absolute Gasteiger partial charge is 0.493 e. The summed E-state index contributed by atoms with van der Waals surface area (Å²) in [5, 5.41) is 0. The van der Waals surface area contributed by atoms with E-state index in [4.69, 9.17) is 9.47 Å². The topological polar surface area (TPSA) is 55.8 Å². The molecule has 2 aliphatic heterocycles. The third-order valence-corrected chi connectivity index (χ3v) is 6.62. The minimum absolute atomic E-state index is 0.151. The van der Waals surface area contributed by atoms with Gasteiger partial charge < -0.3 is 9.47 Å². The molecule has 0 bridgehead atoms. The van der Waals surface area contributed by atoms with Crippen molar-refractivity contribution in [3.63, 3.8) is 0 Å². The van der Waals surface area contributed by atoms with E-state index in [0.717, 1.165) is 53.9 Å². The summed E-state index contributed by atoms with van der Waals surface area (Å²) in [4.78, 5) is 0. The van der Waals surface area contributed by atoms with Crippen molar-refractivity contribution in [2.24, 2.45) is 0 Å². The van der Waals surface area contributed by atoms with Crippen LogP contribution in [-0.4, -0.2) is 37.7 Å². The lowest BCUT2D eigenvalue weighted by Crippen LogP contribution is -2.34. The van der Waals surface area contributed by atoms with Crippen LogP contribution in [0.5, 0.6) is 11.5 Å². The van der Waals surface area contributed by atoms with Crippen LogP contribution in [0.1, 0.15) is 36.5 Å². The van der Waals surface area contributed by atoms with E-state index < -0.39 is 10.0 Å². The Kier molecular flexibility index (Phi) is 3.34. The first-order valence-corrected chi connectivity index (χ1v) is 9.64. The molecule has 1 aromatic carbocycles. The summed E-state index contributed by atoms with van der Waals surface area (Å²) in [5.74, 6) is 1.98. The highest BCUT2D eigenvalue weighted by Crippen LogP contribution is 2.42. The predicted molar refractivity (Wildman–Crippen MR) is 82.9 cm³/mol. The minimum Gasteiger partial charge on any atom is -0.493 e. The molecular formula is C16H21NO4S. The molecule has 0 radical (unpaired) electrons. The third kappa shape index (κ3) is 2.29. The highest BCUT2D eigenvalue weighted by molar-refractivity contribution is 7.89. The molecule has 0 N–H and O–H groups in total. The van der Waals surface area contributed by atoms with E-state index in [9.17, 15) is 8.42 Å². The van der Waals surface area contributed by atoms with Gasteiger partial charge in [0.2, 0.25) is 10.0 Å². The Balaban J connectivity index is 1.76. The molecule has 4 rings (SSSR count). The highest BCUT2D eigenvalue weighted by Gasteiger charge is 2.38. The molecule has 1 aromatic rings. The third-order valence-electron chi connectivity index (χ3n) is 4.75. The Morgan fingerprint density at radius 2 is 2.00 bits per heavy atom. The predicted octanol–water partition coefficient (Wildman–Crippen LogP) is 1.87. The van der Waals surface area contributed by atoms with E-state index in [-0.39, 0.29) is 11.8 Å². The lowest BCUT2D eigenvalue weighted by molar-refractivity contribution is 0.342. The van der Waals surface area contributed by atoms with Crippen molar-refractivity contribution in [3.05, 3.63) is 22.8 Å². The molecule has 120 valence electrons. The quantitative estimate of drug-likeness (QED) is 0.830. The number of ether oxygens (including phenoxy) is 2. The molecule has 0 atom stereocenters. The number of sulfonamides is 1. The summed E-state index contributed by atoms with van der Waals surface area (Å²) < 4.78 is 38.1. The lowest BCUT2D eigenvalue weighted by atomic mass is 9.99. The van der Waals surface area contributed by atoms with Crippen molar-refractivity contribution in [2.45, 2.75) is 45.2 Å². The van der Waals surface area contributed by atoms with Crippen LogP contribution in [0.3, 0.4) is 0 Å². The van der Waals surface area contributed by atoms with E-state index in [1.165, 1.54) is 0 Å². The number of hydrogen-bond acceptors (Lipinski definition) is 4. The van der Waals surface area contributed by atoms with E-state index in [0.29, 0.717) is 19.8 Å². The molecule has 1 fully saturated rings. The van der Waals surface area contributed by atoms with Crippen LogP contribution >= 0.6 is 0 Å². The zero-order chi connectivity index (χ0) is 15.3. The van der Waals surface area contributed by atoms with Crippen LogP contribution in [0.2, 0.25) is 0 Å². The van der Waals surface area contributed by atoms with E-state index in [1.54, 1.807) is 11.2 Å². The summed E-state index contributed by atoms with van der Waals surface area (Å²) in [5.41, 5.74) is 3.32. The Labute approximate surface area is 131 Å².